The Labute approximate surface area is 205 Å². The predicted octanol–water partition coefficient (Wildman–Crippen LogP) is 4.53. The largest absolute Gasteiger partial charge is 0.454 e. The van der Waals surface area contributed by atoms with Crippen molar-refractivity contribution in [1.29, 1.82) is 5.41 Å². The van der Waals surface area contributed by atoms with Gasteiger partial charge in [-0.1, -0.05) is 12.1 Å². The van der Waals surface area contributed by atoms with Crippen LogP contribution in [0.2, 0.25) is 0 Å². The predicted molar refractivity (Wildman–Crippen MR) is 126 cm³/mol. The molecule has 3 aromatic rings. The Balaban J connectivity index is 1.91. The molecule has 2 heterocycles. The van der Waals surface area contributed by atoms with Gasteiger partial charge < -0.3 is 20.2 Å². The van der Waals surface area contributed by atoms with E-state index in [-0.39, 0.29) is 33.5 Å². The third-order valence-electron chi connectivity index (χ3n) is 5.08. The van der Waals surface area contributed by atoms with E-state index < -0.39 is 31.0 Å². The second kappa shape index (κ2) is 10.2. The summed E-state index contributed by atoms with van der Waals surface area (Å²) >= 11 is 0. The number of benzene rings is 1. The van der Waals surface area contributed by atoms with E-state index in [1.165, 1.54) is 47.3 Å². The molecule has 0 saturated heterocycles. The molecule has 0 saturated carbocycles. The van der Waals surface area contributed by atoms with Crippen molar-refractivity contribution >= 4 is 22.3 Å². The number of ether oxygens (including phenoxy) is 2. The Morgan fingerprint density at radius 2 is 1.92 bits per heavy atom. The zero-order chi connectivity index (χ0) is 26.7. The summed E-state index contributed by atoms with van der Waals surface area (Å²) in [4.78, 5) is 21.5. The average molecular weight is 519 g/mol. The number of nitrogens with zero attached hydrogens (tertiary/aromatic N) is 3. The van der Waals surface area contributed by atoms with Gasteiger partial charge in [-0.2, -0.15) is 26.9 Å². The molecule has 1 aliphatic carbocycles. The molecule has 37 heavy (non-hydrogen) atoms. The van der Waals surface area contributed by atoms with Gasteiger partial charge in [-0.25, -0.2) is 4.98 Å². The number of nitrogens with one attached hydrogen (secondary N) is 2. The van der Waals surface area contributed by atoms with Crippen LogP contribution in [0.5, 0.6) is 11.8 Å². The van der Waals surface area contributed by atoms with Crippen molar-refractivity contribution in [1.82, 2.24) is 19.9 Å². The van der Waals surface area contributed by atoms with Crippen molar-refractivity contribution in [2.45, 2.75) is 12.8 Å². The Bertz CT molecular complexity index is 1490. The smallest absolute Gasteiger partial charge is 0.422 e. The van der Waals surface area contributed by atoms with Gasteiger partial charge in [0.25, 0.3) is 5.56 Å². The van der Waals surface area contributed by atoms with Crippen molar-refractivity contribution in [2.24, 2.45) is 0 Å². The summed E-state index contributed by atoms with van der Waals surface area (Å²) in [5.41, 5.74) is 0.685. The van der Waals surface area contributed by atoms with Crippen molar-refractivity contribution in [3.63, 3.8) is 0 Å². The number of rotatable bonds is 7. The Morgan fingerprint density at radius 3 is 2.57 bits per heavy atom. The van der Waals surface area contributed by atoms with Crippen LogP contribution in [0.4, 0.5) is 22.0 Å². The van der Waals surface area contributed by atoms with E-state index in [1.54, 1.807) is 25.4 Å². The van der Waals surface area contributed by atoms with Crippen LogP contribution in [-0.4, -0.2) is 46.7 Å². The normalized spacial score (nSPS) is 14.8. The van der Waals surface area contributed by atoms with Crippen molar-refractivity contribution < 1.29 is 31.4 Å². The molecule has 0 fully saturated rings. The molecule has 0 aliphatic heterocycles. The summed E-state index contributed by atoms with van der Waals surface area (Å²) in [7, 11) is 1.66. The number of hydrogen-bond acceptors (Lipinski definition) is 7. The quantitative estimate of drug-likeness (QED) is 0.445. The summed E-state index contributed by atoms with van der Waals surface area (Å²) < 4.78 is 73.3. The van der Waals surface area contributed by atoms with E-state index in [2.05, 4.69) is 24.8 Å². The number of allylic oxidation sites excluding steroid dienone is 5. The summed E-state index contributed by atoms with van der Waals surface area (Å²) in [6, 6.07) is 4.56. The summed E-state index contributed by atoms with van der Waals surface area (Å²) in [6.45, 7) is -4.68. The highest BCUT2D eigenvalue weighted by atomic mass is 19.4. The lowest BCUT2D eigenvalue weighted by Crippen LogP contribution is -2.23. The van der Waals surface area contributed by atoms with Crippen molar-refractivity contribution in [2.75, 3.05) is 13.7 Å². The highest BCUT2D eigenvalue weighted by Crippen LogP contribution is 2.29. The minimum atomic E-state index is -4.63. The van der Waals surface area contributed by atoms with Gasteiger partial charge in [-0.05, 0) is 35.9 Å². The Kier molecular flexibility index (Phi) is 7.05. The van der Waals surface area contributed by atoms with E-state index in [9.17, 15) is 26.7 Å². The standard InChI is InChI=1S/C24H18F5N5O3/c1-31-9-14-8-16(4-7-18(14)30)34-11-15-10-32-23(36-12-24(27,28)29)33-20(15)19(21(34)35)13-2-5-17(6-3-13)37-22(25)26/h2-11,22,30-31H,12H2,1H3/b14-9-,30-18?. The summed E-state index contributed by atoms with van der Waals surface area (Å²) in [5, 5.41) is 11.1. The maximum Gasteiger partial charge on any atom is 0.422 e. The maximum atomic E-state index is 13.7. The fraction of sp³-hybridized carbons (Fsp3) is 0.167. The molecule has 192 valence electrons. The molecule has 4 rings (SSSR count). The van der Waals surface area contributed by atoms with Gasteiger partial charge in [-0.15, -0.1) is 0 Å². The lowest BCUT2D eigenvalue weighted by atomic mass is 10.0. The van der Waals surface area contributed by atoms with E-state index in [0.717, 1.165) is 0 Å². The van der Waals surface area contributed by atoms with Gasteiger partial charge >= 0.3 is 18.8 Å². The second-order valence-corrected chi connectivity index (χ2v) is 7.65. The SMILES string of the molecule is CN/C=C1/C=C(n2cc3cnc(OCC(F)(F)F)nc3c(-c3ccc(OC(F)F)cc3)c2=O)C=CC1=N. The number of alkyl halides is 5. The highest BCUT2D eigenvalue weighted by molar-refractivity contribution is 6.12. The topological polar surface area (TPSA) is 102 Å². The first-order valence-electron chi connectivity index (χ1n) is 10.6. The molecule has 1 aromatic carbocycles. The molecule has 1 aliphatic rings. The second-order valence-electron chi connectivity index (χ2n) is 7.65. The highest BCUT2D eigenvalue weighted by Gasteiger charge is 2.29. The molecule has 0 amide bonds. The number of halogens is 5. The number of hydrogen-bond donors (Lipinski definition) is 2. The van der Waals surface area contributed by atoms with Crippen LogP contribution in [0.1, 0.15) is 0 Å². The molecule has 0 bridgehead atoms. The zero-order valence-corrected chi connectivity index (χ0v) is 19.0. The maximum absolute atomic E-state index is 13.7. The molecule has 13 heteroatoms. The number of aromatic nitrogens is 3. The monoisotopic (exact) mass is 519 g/mol. The molecule has 0 unspecified atom stereocenters. The van der Waals surface area contributed by atoms with Crippen LogP contribution < -0.4 is 20.3 Å². The van der Waals surface area contributed by atoms with Crippen molar-refractivity contribution in [3.8, 4) is 22.9 Å². The Hall–Kier alpha value is -4.55. The zero-order valence-electron chi connectivity index (χ0n) is 19.0. The van der Waals surface area contributed by atoms with Crippen LogP contribution in [0.15, 0.2) is 71.5 Å². The van der Waals surface area contributed by atoms with E-state index >= 15 is 0 Å². The van der Waals surface area contributed by atoms with Crippen LogP contribution >= 0.6 is 0 Å². The van der Waals surface area contributed by atoms with Crippen molar-refractivity contribution in [3.05, 3.63) is 77.0 Å². The van der Waals surface area contributed by atoms with E-state index in [1.807, 2.05) is 0 Å². The fourth-order valence-electron chi connectivity index (χ4n) is 3.53. The van der Waals surface area contributed by atoms with Crippen LogP contribution in [0.3, 0.4) is 0 Å². The van der Waals surface area contributed by atoms with Gasteiger partial charge in [0.15, 0.2) is 6.61 Å². The molecule has 0 atom stereocenters. The van der Waals surface area contributed by atoms with Crippen LogP contribution in [-0.2, 0) is 0 Å². The van der Waals surface area contributed by atoms with E-state index in [0.29, 0.717) is 11.3 Å². The molecule has 8 nitrogen and oxygen atoms in total. The number of fused-ring (bicyclic) bond motifs is 1. The van der Waals surface area contributed by atoms with Crippen LogP contribution in [0.25, 0.3) is 27.7 Å². The molecule has 2 N–H and O–H groups in total. The lowest BCUT2D eigenvalue weighted by molar-refractivity contribution is -0.154. The van der Waals surface area contributed by atoms with Gasteiger partial charge in [0.1, 0.15) is 5.75 Å². The van der Waals surface area contributed by atoms with Gasteiger partial charge in [0.2, 0.25) is 0 Å². The first-order chi connectivity index (χ1) is 17.6. The minimum Gasteiger partial charge on any atom is -0.454 e. The average Bonchev–Trinajstić information content (AvgIpc) is 2.84. The van der Waals surface area contributed by atoms with Gasteiger partial charge in [0.05, 0.1) is 16.8 Å². The third kappa shape index (κ3) is 5.82. The van der Waals surface area contributed by atoms with Crippen LogP contribution in [0, 0.1) is 5.41 Å². The molecule has 2 aromatic heterocycles. The van der Waals surface area contributed by atoms with Gasteiger partial charge in [0, 0.05) is 42.3 Å². The molecule has 0 spiro atoms. The van der Waals surface area contributed by atoms with E-state index in [4.69, 9.17) is 5.41 Å². The third-order valence-corrected chi connectivity index (χ3v) is 5.08. The first kappa shape index (κ1) is 25.5. The minimum absolute atomic E-state index is 0.00456. The summed E-state index contributed by atoms with van der Waals surface area (Å²) in [6.07, 6.45) is 4.21. The molecule has 0 radical (unpaired) electrons. The molecular weight excluding hydrogens is 501 g/mol. The Morgan fingerprint density at radius 1 is 1.19 bits per heavy atom. The number of pyridine rings is 1. The first-order valence-corrected chi connectivity index (χ1v) is 10.6. The molecular formula is C24H18F5N5O3. The lowest BCUT2D eigenvalue weighted by Gasteiger charge is -2.16. The van der Waals surface area contributed by atoms with Gasteiger partial charge in [-0.3, -0.25) is 9.36 Å². The summed E-state index contributed by atoms with van der Waals surface area (Å²) in [5.74, 6) is -0.151. The fourth-order valence-corrected chi connectivity index (χ4v) is 3.53.